The Bertz CT molecular complexity index is 337. The summed E-state index contributed by atoms with van der Waals surface area (Å²) >= 11 is 0. The molecule has 0 aliphatic carbocycles. The quantitative estimate of drug-likeness (QED) is 0.845. The lowest BCUT2D eigenvalue weighted by molar-refractivity contribution is -0.0520. The van der Waals surface area contributed by atoms with Gasteiger partial charge in [0, 0.05) is 13.1 Å². The fraction of sp³-hybridized carbons (Fsp3) is 0.600. The summed E-state index contributed by atoms with van der Waals surface area (Å²) < 4.78 is 0. The third-order valence-corrected chi connectivity index (χ3v) is 4.38. The lowest BCUT2D eigenvalue weighted by Crippen LogP contribution is -2.57. The topological polar surface area (TPSA) is 23.5 Å². The number of hydrogen-bond acceptors (Lipinski definition) is 2. The second-order valence-electron chi connectivity index (χ2n) is 5.22. The first-order valence-electron chi connectivity index (χ1n) is 6.64. The molecule has 1 N–H and O–H groups in total. The van der Waals surface area contributed by atoms with Gasteiger partial charge in [-0.05, 0) is 23.8 Å². The van der Waals surface area contributed by atoms with Gasteiger partial charge in [-0.25, -0.2) is 0 Å². The molecule has 2 heteroatoms. The number of aliphatic hydroxyl groups is 1. The minimum atomic E-state index is 0.183. The van der Waals surface area contributed by atoms with Crippen LogP contribution in [0.25, 0.3) is 0 Å². The number of aliphatic hydroxyl groups excluding tert-OH is 1. The van der Waals surface area contributed by atoms with Crippen molar-refractivity contribution in [1.82, 2.24) is 4.90 Å². The van der Waals surface area contributed by atoms with Gasteiger partial charge in [0.05, 0.1) is 12.6 Å². The van der Waals surface area contributed by atoms with Crippen LogP contribution in [-0.2, 0) is 0 Å². The second-order valence-corrected chi connectivity index (χ2v) is 5.22. The first-order valence-corrected chi connectivity index (χ1v) is 6.64. The van der Waals surface area contributed by atoms with Crippen LogP contribution < -0.4 is 0 Å². The Kier molecular flexibility index (Phi) is 3.85. The van der Waals surface area contributed by atoms with E-state index in [0.717, 1.165) is 13.1 Å². The van der Waals surface area contributed by atoms with Gasteiger partial charge in [-0.15, -0.1) is 0 Å². The van der Waals surface area contributed by atoms with E-state index in [1.54, 1.807) is 0 Å². The minimum absolute atomic E-state index is 0.183. The number of rotatable bonds is 5. The maximum Gasteiger partial charge on any atom is 0.0628 e. The molecule has 1 aliphatic heterocycles. The summed E-state index contributed by atoms with van der Waals surface area (Å²) in [7, 11) is 0. The summed E-state index contributed by atoms with van der Waals surface area (Å²) in [5.74, 6) is 0. The van der Waals surface area contributed by atoms with E-state index < -0.39 is 0 Å². The number of benzene rings is 1. The molecule has 0 saturated carbocycles. The Hall–Kier alpha value is -0.860. The van der Waals surface area contributed by atoms with Crippen LogP contribution in [0.4, 0.5) is 0 Å². The molecule has 0 radical (unpaired) electrons. The maximum atomic E-state index is 9.59. The van der Waals surface area contributed by atoms with Gasteiger partial charge in [-0.2, -0.15) is 0 Å². The Morgan fingerprint density at radius 3 is 2.24 bits per heavy atom. The molecule has 2 rings (SSSR count). The van der Waals surface area contributed by atoms with E-state index in [-0.39, 0.29) is 12.6 Å². The Morgan fingerprint density at radius 1 is 1.18 bits per heavy atom. The summed E-state index contributed by atoms with van der Waals surface area (Å²) in [6.45, 7) is 7.02. The van der Waals surface area contributed by atoms with Crippen molar-refractivity contribution in [2.24, 2.45) is 5.41 Å². The van der Waals surface area contributed by atoms with E-state index in [4.69, 9.17) is 0 Å². The molecule has 1 aromatic carbocycles. The van der Waals surface area contributed by atoms with Crippen LogP contribution in [-0.4, -0.2) is 29.7 Å². The fourth-order valence-electron chi connectivity index (χ4n) is 2.84. The van der Waals surface area contributed by atoms with Gasteiger partial charge in [-0.1, -0.05) is 44.2 Å². The van der Waals surface area contributed by atoms with Gasteiger partial charge >= 0.3 is 0 Å². The van der Waals surface area contributed by atoms with Crippen LogP contribution in [0.15, 0.2) is 30.3 Å². The molecule has 1 aromatic rings. The molecule has 1 aliphatic rings. The highest BCUT2D eigenvalue weighted by molar-refractivity contribution is 5.20. The van der Waals surface area contributed by atoms with E-state index in [2.05, 4.69) is 30.9 Å². The van der Waals surface area contributed by atoms with Crippen LogP contribution in [0.2, 0.25) is 0 Å². The standard InChI is InChI=1S/C15H23NO/c1-3-15(4-2)11-16(12-15)14(10-17)13-8-6-5-7-9-13/h5-9,14,17H,3-4,10-12H2,1-2H3. The van der Waals surface area contributed by atoms with Crippen LogP contribution >= 0.6 is 0 Å². The average Bonchev–Trinajstić information content (AvgIpc) is 2.34. The van der Waals surface area contributed by atoms with E-state index in [1.807, 2.05) is 18.2 Å². The van der Waals surface area contributed by atoms with Crippen molar-refractivity contribution >= 4 is 0 Å². The minimum Gasteiger partial charge on any atom is -0.394 e. The van der Waals surface area contributed by atoms with Crippen molar-refractivity contribution in [2.45, 2.75) is 32.7 Å². The molecule has 1 saturated heterocycles. The third kappa shape index (κ3) is 2.38. The molecular weight excluding hydrogens is 210 g/mol. The molecule has 0 aromatic heterocycles. The third-order valence-electron chi connectivity index (χ3n) is 4.38. The molecule has 1 unspecified atom stereocenters. The summed E-state index contributed by atoms with van der Waals surface area (Å²) in [6.07, 6.45) is 2.49. The van der Waals surface area contributed by atoms with Crippen molar-refractivity contribution < 1.29 is 5.11 Å². The van der Waals surface area contributed by atoms with Crippen LogP contribution in [0.5, 0.6) is 0 Å². The average molecular weight is 233 g/mol. The highest BCUT2D eigenvalue weighted by atomic mass is 16.3. The second kappa shape index (κ2) is 5.19. The van der Waals surface area contributed by atoms with E-state index in [1.165, 1.54) is 18.4 Å². The highest BCUT2D eigenvalue weighted by Gasteiger charge is 2.42. The Labute approximate surface area is 104 Å². The molecule has 0 amide bonds. The van der Waals surface area contributed by atoms with Gasteiger partial charge in [0.15, 0.2) is 0 Å². The van der Waals surface area contributed by atoms with Gasteiger partial charge in [0.25, 0.3) is 0 Å². The van der Waals surface area contributed by atoms with Gasteiger partial charge in [0.1, 0.15) is 0 Å². The zero-order chi connectivity index (χ0) is 12.3. The molecule has 94 valence electrons. The largest absolute Gasteiger partial charge is 0.394 e. The molecule has 1 heterocycles. The highest BCUT2D eigenvalue weighted by Crippen LogP contribution is 2.41. The van der Waals surface area contributed by atoms with Crippen molar-refractivity contribution in [3.63, 3.8) is 0 Å². The fourth-order valence-corrected chi connectivity index (χ4v) is 2.84. The predicted molar refractivity (Wildman–Crippen MR) is 70.9 cm³/mol. The molecule has 1 atom stereocenters. The van der Waals surface area contributed by atoms with E-state index in [9.17, 15) is 5.11 Å². The monoisotopic (exact) mass is 233 g/mol. The Morgan fingerprint density at radius 2 is 1.76 bits per heavy atom. The molecule has 1 fully saturated rings. The summed E-state index contributed by atoms with van der Waals surface area (Å²) in [5, 5.41) is 9.59. The van der Waals surface area contributed by atoms with Crippen molar-refractivity contribution in [3.8, 4) is 0 Å². The first-order chi connectivity index (χ1) is 8.24. The SMILES string of the molecule is CCC1(CC)CN(C(CO)c2ccccc2)C1. The van der Waals surface area contributed by atoms with E-state index in [0.29, 0.717) is 5.41 Å². The molecule has 0 spiro atoms. The lowest BCUT2D eigenvalue weighted by atomic mass is 9.74. The van der Waals surface area contributed by atoms with Crippen LogP contribution in [0.3, 0.4) is 0 Å². The number of nitrogens with zero attached hydrogens (tertiary/aromatic N) is 1. The van der Waals surface area contributed by atoms with Crippen LogP contribution in [0, 0.1) is 5.41 Å². The molecule has 2 nitrogen and oxygen atoms in total. The molecule has 0 bridgehead atoms. The first kappa shape index (κ1) is 12.6. The predicted octanol–water partition coefficient (Wildman–Crippen LogP) is 2.84. The van der Waals surface area contributed by atoms with Gasteiger partial charge in [-0.3, -0.25) is 4.90 Å². The molecular formula is C15H23NO. The number of hydrogen-bond donors (Lipinski definition) is 1. The van der Waals surface area contributed by atoms with Gasteiger partial charge in [0.2, 0.25) is 0 Å². The summed E-state index contributed by atoms with van der Waals surface area (Å²) in [5.41, 5.74) is 1.73. The van der Waals surface area contributed by atoms with Crippen molar-refractivity contribution in [2.75, 3.05) is 19.7 Å². The maximum absolute atomic E-state index is 9.59. The van der Waals surface area contributed by atoms with E-state index >= 15 is 0 Å². The normalized spacial score (nSPS) is 20.9. The molecule has 17 heavy (non-hydrogen) atoms. The van der Waals surface area contributed by atoms with Crippen molar-refractivity contribution in [1.29, 1.82) is 0 Å². The zero-order valence-electron chi connectivity index (χ0n) is 10.9. The zero-order valence-corrected chi connectivity index (χ0v) is 10.9. The van der Waals surface area contributed by atoms with Crippen LogP contribution in [0.1, 0.15) is 38.3 Å². The summed E-state index contributed by atoms with van der Waals surface area (Å²) in [4.78, 5) is 2.41. The van der Waals surface area contributed by atoms with Crippen molar-refractivity contribution in [3.05, 3.63) is 35.9 Å². The summed E-state index contributed by atoms with van der Waals surface area (Å²) in [6, 6.07) is 10.5. The van der Waals surface area contributed by atoms with Gasteiger partial charge < -0.3 is 5.11 Å². The Balaban J connectivity index is 2.03. The number of likely N-dealkylation sites (tertiary alicyclic amines) is 1. The smallest absolute Gasteiger partial charge is 0.0628 e. The lowest BCUT2D eigenvalue weighted by Gasteiger charge is -2.53.